The topological polar surface area (TPSA) is 117 Å². The van der Waals surface area contributed by atoms with Crippen molar-refractivity contribution >= 4 is 24.0 Å². The molecule has 0 unspecified atom stereocenters. The summed E-state index contributed by atoms with van der Waals surface area (Å²) in [4.78, 5) is 50.9. The highest BCUT2D eigenvalue weighted by Crippen LogP contribution is 2.26. The predicted molar refractivity (Wildman–Crippen MR) is 127 cm³/mol. The van der Waals surface area contributed by atoms with E-state index >= 15 is 0 Å². The molecule has 1 N–H and O–H groups in total. The van der Waals surface area contributed by atoms with Crippen molar-refractivity contribution in [3.05, 3.63) is 35.9 Å². The molecule has 1 aliphatic heterocycles. The molecule has 0 spiro atoms. The van der Waals surface area contributed by atoms with Gasteiger partial charge < -0.3 is 24.3 Å². The second-order valence-corrected chi connectivity index (χ2v) is 9.27. The number of rotatable bonds is 9. The quantitative estimate of drug-likeness (QED) is 0.408. The molecule has 1 aromatic rings. The van der Waals surface area contributed by atoms with Crippen LogP contribution in [0.1, 0.15) is 65.9 Å². The van der Waals surface area contributed by atoms with Crippen molar-refractivity contribution in [2.45, 2.75) is 91.3 Å². The number of carbonyl (C=O) groups excluding carboxylic acids is 4. The predicted octanol–water partition coefficient (Wildman–Crippen LogP) is 3.92. The van der Waals surface area contributed by atoms with Crippen LogP contribution in [0.25, 0.3) is 0 Å². The molecule has 2 rings (SSSR count). The molecule has 0 aliphatic carbocycles. The summed E-state index contributed by atoms with van der Waals surface area (Å²) in [6.45, 7) is 8.81. The minimum absolute atomic E-state index is 0.00593. The molecule has 1 saturated heterocycles. The van der Waals surface area contributed by atoms with Crippen LogP contribution in [0.4, 0.5) is 4.79 Å². The number of nitrogens with one attached hydrogen (secondary N) is 1. The van der Waals surface area contributed by atoms with Crippen LogP contribution in [0.3, 0.4) is 0 Å². The van der Waals surface area contributed by atoms with Gasteiger partial charge in [0.25, 0.3) is 0 Å². The van der Waals surface area contributed by atoms with Gasteiger partial charge in [0.1, 0.15) is 18.8 Å². The summed E-state index contributed by atoms with van der Waals surface area (Å²) >= 11 is 0. The third-order valence-electron chi connectivity index (χ3n) is 5.69. The summed E-state index contributed by atoms with van der Waals surface area (Å²) < 4.78 is 22.0. The Morgan fingerprint density at radius 2 is 1.69 bits per heavy atom. The molecule has 1 aliphatic rings. The SMILES string of the molecule is CCCC[C@@H]1C(=O)O[C@H](C)[C@H](NC(=O)OCc2ccccc2)C(=O)O[C@@H](C)[C@@H]1OC(=O)CC(C)C. The van der Waals surface area contributed by atoms with Gasteiger partial charge in [-0.2, -0.15) is 0 Å². The standard InChI is InChI=1S/C26H37NO8/c1-6-7-13-20-23(35-21(28)14-16(2)3)18(5)34-25(30)22(17(4)33-24(20)29)27-26(31)32-15-19-11-9-8-10-12-19/h8-12,16-18,20,22-23H,6-7,13-15H2,1-5H3,(H,27,31)/t17-,18+,20+,22+,23+/m1/s1. The summed E-state index contributed by atoms with van der Waals surface area (Å²) in [5, 5.41) is 2.44. The number of ether oxygens (including phenoxy) is 4. The van der Waals surface area contributed by atoms with Gasteiger partial charge in [-0.05, 0) is 31.7 Å². The molecular formula is C26H37NO8. The minimum Gasteiger partial charge on any atom is -0.460 e. The summed E-state index contributed by atoms with van der Waals surface area (Å²) in [6.07, 6.45) is -1.73. The average Bonchev–Trinajstić information content (AvgIpc) is 2.82. The van der Waals surface area contributed by atoms with Gasteiger partial charge in [-0.3, -0.25) is 9.59 Å². The van der Waals surface area contributed by atoms with E-state index in [4.69, 9.17) is 18.9 Å². The van der Waals surface area contributed by atoms with Crippen LogP contribution in [0, 0.1) is 11.8 Å². The summed E-state index contributed by atoms with van der Waals surface area (Å²) in [6, 6.07) is 7.77. The third kappa shape index (κ3) is 8.88. The van der Waals surface area contributed by atoms with E-state index in [-0.39, 0.29) is 18.9 Å². The van der Waals surface area contributed by atoms with Crippen molar-refractivity contribution in [2.75, 3.05) is 0 Å². The lowest BCUT2D eigenvalue weighted by Gasteiger charge is -2.29. The lowest BCUT2D eigenvalue weighted by atomic mass is 9.92. The second-order valence-electron chi connectivity index (χ2n) is 9.27. The molecule has 1 aromatic carbocycles. The molecule has 0 bridgehead atoms. The zero-order valence-corrected chi connectivity index (χ0v) is 21.2. The van der Waals surface area contributed by atoms with E-state index in [0.29, 0.717) is 12.8 Å². The van der Waals surface area contributed by atoms with Gasteiger partial charge >= 0.3 is 24.0 Å². The van der Waals surface area contributed by atoms with Crippen LogP contribution in [-0.2, 0) is 39.9 Å². The van der Waals surface area contributed by atoms with Gasteiger partial charge in [-0.25, -0.2) is 9.59 Å². The first-order chi connectivity index (χ1) is 16.6. The van der Waals surface area contributed by atoms with Crippen LogP contribution in [-0.4, -0.2) is 48.4 Å². The van der Waals surface area contributed by atoms with E-state index in [2.05, 4.69) is 5.32 Å². The lowest BCUT2D eigenvalue weighted by molar-refractivity contribution is -0.175. The molecule has 0 radical (unpaired) electrons. The van der Waals surface area contributed by atoms with Crippen molar-refractivity contribution in [1.82, 2.24) is 5.32 Å². The fraction of sp³-hybridized carbons (Fsp3) is 0.615. The highest BCUT2D eigenvalue weighted by atomic mass is 16.6. The van der Waals surface area contributed by atoms with E-state index in [9.17, 15) is 19.2 Å². The van der Waals surface area contributed by atoms with Gasteiger partial charge in [0.2, 0.25) is 0 Å². The van der Waals surface area contributed by atoms with E-state index in [1.807, 2.05) is 39.0 Å². The number of cyclic esters (lactones) is 2. The number of hydrogen-bond donors (Lipinski definition) is 1. The largest absolute Gasteiger partial charge is 0.460 e. The third-order valence-corrected chi connectivity index (χ3v) is 5.69. The number of unbranched alkanes of at least 4 members (excludes halogenated alkanes) is 1. The molecule has 1 heterocycles. The number of benzene rings is 1. The number of esters is 3. The van der Waals surface area contributed by atoms with Crippen LogP contribution in [0.2, 0.25) is 0 Å². The van der Waals surface area contributed by atoms with E-state index < -0.39 is 54.3 Å². The number of hydrogen-bond acceptors (Lipinski definition) is 8. The fourth-order valence-corrected chi connectivity index (χ4v) is 3.80. The Labute approximate surface area is 206 Å². The Morgan fingerprint density at radius 1 is 1.03 bits per heavy atom. The van der Waals surface area contributed by atoms with Crippen LogP contribution in [0.5, 0.6) is 0 Å². The normalized spacial score (nSPS) is 24.9. The Bertz CT molecular complexity index is 856. The molecule has 194 valence electrons. The van der Waals surface area contributed by atoms with Crippen molar-refractivity contribution < 1.29 is 38.1 Å². The molecule has 9 nitrogen and oxygen atoms in total. The maximum Gasteiger partial charge on any atom is 0.408 e. The van der Waals surface area contributed by atoms with Gasteiger partial charge in [0, 0.05) is 6.42 Å². The fourth-order valence-electron chi connectivity index (χ4n) is 3.80. The zero-order chi connectivity index (χ0) is 26.0. The first kappa shape index (κ1) is 28.1. The van der Waals surface area contributed by atoms with Gasteiger partial charge in [0.05, 0.1) is 5.92 Å². The Hall–Kier alpha value is -3.10. The number of alkyl carbamates (subject to hydrolysis) is 1. The Morgan fingerprint density at radius 3 is 2.31 bits per heavy atom. The zero-order valence-electron chi connectivity index (χ0n) is 21.2. The minimum atomic E-state index is -1.29. The van der Waals surface area contributed by atoms with Gasteiger partial charge in [-0.1, -0.05) is 63.9 Å². The number of amides is 1. The first-order valence-corrected chi connectivity index (χ1v) is 12.2. The van der Waals surface area contributed by atoms with Crippen LogP contribution < -0.4 is 5.32 Å². The Balaban J connectivity index is 2.18. The maximum atomic E-state index is 13.1. The molecule has 9 heteroatoms. The second kappa shape index (κ2) is 13.7. The van der Waals surface area contributed by atoms with Gasteiger partial charge in [-0.15, -0.1) is 0 Å². The van der Waals surface area contributed by atoms with Crippen molar-refractivity contribution in [3.63, 3.8) is 0 Å². The molecule has 1 amide bonds. The highest BCUT2D eigenvalue weighted by Gasteiger charge is 2.43. The smallest absolute Gasteiger partial charge is 0.408 e. The van der Waals surface area contributed by atoms with E-state index in [1.54, 1.807) is 19.1 Å². The van der Waals surface area contributed by atoms with E-state index in [0.717, 1.165) is 12.0 Å². The molecule has 5 atom stereocenters. The summed E-state index contributed by atoms with van der Waals surface area (Å²) in [5.74, 6) is -2.64. The molecule has 1 fully saturated rings. The van der Waals surface area contributed by atoms with Crippen molar-refractivity contribution in [3.8, 4) is 0 Å². The first-order valence-electron chi connectivity index (χ1n) is 12.2. The molecular weight excluding hydrogens is 454 g/mol. The molecule has 0 aromatic heterocycles. The Kier molecular flexibility index (Phi) is 11.0. The van der Waals surface area contributed by atoms with E-state index in [1.165, 1.54) is 6.92 Å². The summed E-state index contributed by atoms with van der Waals surface area (Å²) in [7, 11) is 0. The van der Waals surface area contributed by atoms with Gasteiger partial charge in [0.15, 0.2) is 12.1 Å². The number of carbonyl (C=O) groups is 4. The summed E-state index contributed by atoms with van der Waals surface area (Å²) in [5.41, 5.74) is 0.776. The highest BCUT2D eigenvalue weighted by molar-refractivity contribution is 5.83. The molecule has 35 heavy (non-hydrogen) atoms. The maximum absolute atomic E-state index is 13.1. The van der Waals surface area contributed by atoms with Crippen LogP contribution >= 0.6 is 0 Å². The molecule has 0 saturated carbocycles. The lowest BCUT2D eigenvalue weighted by Crippen LogP contribution is -2.50. The van der Waals surface area contributed by atoms with Crippen LogP contribution in [0.15, 0.2) is 30.3 Å². The van der Waals surface area contributed by atoms with Crippen molar-refractivity contribution in [2.24, 2.45) is 11.8 Å². The van der Waals surface area contributed by atoms with Crippen molar-refractivity contribution in [1.29, 1.82) is 0 Å². The average molecular weight is 492 g/mol. The monoisotopic (exact) mass is 491 g/mol.